The van der Waals surface area contributed by atoms with Crippen molar-refractivity contribution in [1.29, 1.82) is 0 Å². The van der Waals surface area contributed by atoms with Gasteiger partial charge in [-0.3, -0.25) is 4.79 Å². The van der Waals surface area contributed by atoms with E-state index in [-0.39, 0.29) is 19.3 Å². The van der Waals surface area contributed by atoms with E-state index in [0.717, 1.165) is 18.5 Å². The van der Waals surface area contributed by atoms with Crippen molar-refractivity contribution in [2.45, 2.75) is 50.8 Å². The molecule has 16 heteroatoms. The molecule has 4 heterocycles. The molecule has 0 radical (unpaired) electrons. The van der Waals surface area contributed by atoms with Gasteiger partial charge in [-0.05, 0) is 31.9 Å². The number of pyridine rings is 1. The van der Waals surface area contributed by atoms with Crippen molar-refractivity contribution in [3.05, 3.63) is 57.9 Å². The van der Waals surface area contributed by atoms with Crippen LogP contribution in [0, 0.1) is 0 Å². The van der Waals surface area contributed by atoms with Crippen LogP contribution >= 0.6 is 0 Å². The normalized spacial score (nSPS) is 16.0. The molecular formula is C22H24F6N8O2. The number of rotatable bonds is 8. The maximum Gasteiger partial charge on any atom is 0.423 e. The van der Waals surface area contributed by atoms with Crippen LogP contribution in [0.5, 0.6) is 0 Å². The van der Waals surface area contributed by atoms with Gasteiger partial charge in [-0.2, -0.15) is 31.4 Å². The number of ether oxygens (including phenoxy) is 1. The molecule has 3 aromatic rings. The third kappa shape index (κ3) is 6.59. The monoisotopic (exact) mass is 546 g/mol. The molecule has 1 unspecified atom stereocenters. The van der Waals surface area contributed by atoms with Crippen LogP contribution in [0.3, 0.4) is 0 Å². The van der Waals surface area contributed by atoms with Gasteiger partial charge in [-0.25, -0.2) is 14.8 Å². The topological polar surface area (TPSA) is 114 Å². The van der Waals surface area contributed by atoms with E-state index in [9.17, 15) is 31.1 Å². The molecule has 3 aromatic heterocycles. The second-order valence-corrected chi connectivity index (χ2v) is 8.86. The number of nitrogens with one attached hydrogen (secondary N) is 2. The lowest BCUT2D eigenvalue weighted by Gasteiger charge is -2.32. The predicted octanol–water partition coefficient (Wildman–Crippen LogP) is 3.65. The number of hydrogen-bond acceptors (Lipinski definition) is 8. The minimum absolute atomic E-state index is 0.0233. The van der Waals surface area contributed by atoms with Crippen LogP contribution < -0.4 is 15.8 Å². The van der Waals surface area contributed by atoms with E-state index in [4.69, 9.17) is 4.74 Å². The Morgan fingerprint density at radius 3 is 2.50 bits per heavy atom. The fourth-order valence-corrected chi connectivity index (χ4v) is 4.09. The fourth-order valence-electron chi connectivity index (χ4n) is 4.09. The maximum atomic E-state index is 13.2. The minimum Gasteiger partial charge on any atom is -0.378 e. The van der Waals surface area contributed by atoms with Gasteiger partial charge >= 0.3 is 12.4 Å². The van der Waals surface area contributed by atoms with Gasteiger partial charge in [0.1, 0.15) is 17.1 Å². The summed E-state index contributed by atoms with van der Waals surface area (Å²) in [6.07, 6.45) is -4.48. The Morgan fingerprint density at radius 2 is 1.87 bits per heavy atom. The number of aromatic amines is 1. The summed E-state index contributed by atoms with van der Waals surface area (Å²) in [6.45, 7) is 2.84. The van der Waals surface area contributed by atoms with Gasteiger partial charge in [0.25, 0.3) is 5.56 Å². The Morgan fingerprint density at radius 1 is 1.13 bits per heavy atom. The average Bonchev–Trinajstić information content (AvgIpc) is 3.32. The average molecular weight is 546 g/mol. The standard InChI is InChI=1S/C22H24F6N8O2/c1-13(31-17-9-30-33-20(37)19(17)22(26,27)28)11-38-12-15-10-36(34-32-15)16-4-6-35(7-5-16)18-3-2-14(8-29-18)21(23,24)25/h2-3,8-10,13,16H,4-7,11-12H2,1H3,(H2,31,33,37). The first-order valence-electron chi connectivity index (χ1n) is 11.6. The van der Waals surface area contributed by atoms with E-state index < -0.39 is 40.8 Å². The quantitative estimate of drug-likeness (QED) is 0.412. The zero-order valence-electron chi connectivity index (χ0n) is 20.1. The first-order chi connectivity index (χ1) is 17.9. The fraction of sp³-hybridized carbons (Fsp3) is 0.500. The molecule has 0 aromatic carbocycles. The highest BCUT2D eigenvalue weighted by Gasteiger charge is 2.37. The molecule has 0 spiro atoms. The van der Waals surface area contributed by atoms with Gasteiger partial charge in [0.2, 0.25) is 0 Å². The van der Waals surface area contributed by atoms with Gasteiger partial charge in [0, 0.05) is 25.3 Å². The summed E-state index contributed by atoms with van der Waals surface area (Å²) >= 11 is 0. The molecule has 206 valence electrons. The van der Waals surface area contributed by atoms with Crippen LogP contribution in [-0.2, 0) is 23.7 Å². The molecule has 1 aliphatic heterocycles. The van der Waals surface area contributed by atoms with Crippen LogP contribution in [0.1, 0.15) is 42.6 Å². The largest absolute Gasteiger partial charge is 0.423 e. The number of piperidine rings is 1. The van der Waals surface area contributed by atoms with Gasteiger partial charge < -0.3 is 15.0 Å². The number of alkyl halides is 6. The number of anilines is 2. The highest BCUT2D eigenvalue weighted by atomic mass is 19.4. The summed E-state index contributed by atoms with van der Waals surface area (Å²) in [7, 11) is 0. The summed E-state index contributed by atoms with van der Waals surface area (Å²) in [5, 5.41) is 16.0. The molecule has 0 saturated carbocycles. The SMILES string of the molecule is CC(COCc1cn(C2CCN(c3ccc(C(F)(F)F)cn3)CC2)nn1)Nc1cn[nH]c(=O)c1C(F)(F)F. The van der Waals surface area contributed by atoms with Crippen LogP contribution in [0.4, 0.5) is 37.8 Å². The molecule has 0 bridgehead atoms. The predicted molar refractivity (Wildman–Crippen MR) is 122 cm³/mol. The Hall–Kier alpha value is -3.69. The second-order valence-electron chi connectivity index (χ2n) is 8.86. The smallest absolute Gasteiger partial charge is 0.378 e. The van der Waals surface area contributed by atoms with Crippen molar-refractivity contribution < 1.29 is 31.1 Å². The van der Waals surface area contributed by atoms with Crippen molar-refractivity contribution in [2.24, 2.45) is 0 Å². The van der Waals surface area contributed by atoms with Crippen LogP contribution in [0.15, 0.2) is 35.5 Å². The van der Waals surface area contributed by atoms with Gasteiger partial charge in [0.05, 0.1) is 42.9 Å². The number of nitrogens with zero attached hydrogens (tertiary/aromatic N) is 6. The molecule has 4 rings (SSSR count). The van der Waals surface area contributed by atoms with E-state index in [1.54, 1.807) is 22.9 Å². The van der Waals surface area contributed by atoms with Crippen LogP contribution in [0.2, 0.25) is 0 Å². The van der Waals surface area contributed by atoms with E-state index in [2.05, 4.69) is 25.7 Å². The van der Waals surface area contributed by atoms with Crippen LogP contribution in [0.25, 0.3) is 0 Å². The number of aromatic nitrogens is 6. The number of hydrogen-bond donors (Lipinski definition) is 2. The highest BCUT2D eigenvalue weighted by molar-refractivity contribution is 5.50. The Kier molecular flexibility index (Phi) is 7.89. The molecule has 1 atom stereocenters. The number of H-pyrrole nitrogens is 1. The summed E-state index contributed by atoms with van der Waals surface area (Å²) < 4.78 is 85.0. The summed E-state index contributed by atoms with van der Waals surface area (Å²) in [5.74, 6) is 0.477. The van der Waals surface area contributed by atoms with E-state index in [1.807, 2.05) is 4.90 Å². The molecule has 0 aliphatic carbocycles. The highest BCUT2D eigenvalue weighted by Crippen LogP contribution is 2.32. The second kappa shape index (κ2) is 11.0. The lowest BCUT2D eigenvalue weighted by atomic mass is 10.1. The van der Waals surface area contributed by atoms with Gasteiger partial charge in [-0.15, -0.1) is 5.10 Å². The van der Waals surface area contributed by atoms with E-state index >= 15 is 0 Å². The molecule has 2 N–H and O–H groups in total. The lowest BCUT2D eigenvalue weighted by Crippen LogP contribution is -2.35. The molecule has 1 saturated heterocycles. The maximum absolute atomic E-state index is 13.2. The first kappa shape index (κ1) is 27.3. The van der Waals surface area contributed by atoms with Gasteiger partial charge in [0.15, 0.2) is 0 Å². The molecule has 38 heavy (non-hydrogen) atoms. The zero-order valence-corrected chi connectivity index (χ0v) is 20.1. The summed E-state index contributed by atoms with van der Waals surface area (Å²) in [5.41, 5.74) is -3.41. The van der Waals surface area contributed by atoms with Gasteiger partial charge in [-0.1, -0.05) is 5.21 Å². The first-order valence-corrected chi connectivity index (χ1v) is 11.6. The van der Waals surface area contributed by atoms with Crippen molar-refractivity contribution in [1.82, 2.24) is 30.2 Å². The van der Waals surface area contributed by atoms with E-state index in [0.29, 0.717) is 37.4 Å². The minimum atomic E-state index is -4.84. The van der Waals surface area contributed by atoms with Crippen molar-refractivity contribution in [2.75, 3.05) is 29.9 Å². The zero-order chi connectivity index (χ0) is 27.5. The Bertz CT molecular complexity index is 1270. The Labute approximate surface area is 212 Å². The molecular weight excluding hydrogens is 522 g/mol. The molecule has 10 nitrogen and oxygen atoms in total. The van der Waals surface area contributed by atoms with Crippen molar-refractivity contribution in [3.8, 4) is 0 Å². The summed E-state index contributed by atoms with van der Waals surface area (Å²) in [6, 6.07) is 1.84. The van der Waals surface area contributed by atoms with Crippen molar-refractivity contribution in [3.63, 3.8) is 0 Å². The van der Waals surface area contributed by atoms with Crippen molar-refractivity contribution >= 4 is 11.5 Å². The third-order valence-electron chi connectivity index (χ3n) is 5.95. The summed E-state index contributed by atoms with van der Waals surface area (Å²) in [4.78, 5) is 17.4. The lowest BCUT2D eigenvalue weighted by molar-refractivity contribution is -0.138. The molecule has 1 aliphatic rings. The molecule has 0 amide bonds. The Balaban J connectivity index is 1.25. The van der Waals surface area contributed by atoms with E-state index in [1.165, 1.54) is 6.07 Å². The number of halogens is 6. The molecule has 1 fully saturated rings. The third-order valence-corrected chi connectivity index (χ3v) is 5.95. The van der Waals surface area contributed by atoms with Crippen LogP contribution in [-0.4, -0.2) is 55.9 Å².